The van der Waals surface area contributed by atoms with Gasteiger partial charge in [0.05, 0.1) is 16.7 Å². The van der Waals surface area contributed by atoms with E-state index in [1.807, 2.05) is 30.3 Å². The van der Waals surface area contributed by atoms with Crippen LogP contribution in [0.15, 0.2) is 59.8 Å². The number of benzene rings is 2. The predicted octanol–water partition coefficient (Wildman–Crippen LogP) is 2.75. The number of hydrogen-bond acceptors (Lipinski definition) is 7. The molecule has 3 rings (SSSR count). The summed E-state index contributed by atoms with van der Waals surface area (Å²) in [6.45, 7) is 2.17. The van der Waals surface area contributed by atoms with E-state index in [9.17, 15) is 14.9 Å². The first-order chi connectivity index (χ1) is 13.0. The average molecular weight is 384 g/mol. The predicted molar refractivity (Wildman–Crippen MR) is 100 cm³/mol. The van der Waals surface area contributed by atoms with Gasteiger partial charge in [-0.15, -0.1) is 5.10 Å². The van der Waals surface area contributed by atoms with Gasteiger partial charge in [-0.25, -0.2) is 4.68 Å². The molecule has 27 heavy (non-hydrogen) atoms. The van der Waals surface area contributed by atoms with Crippen molar-refractivity contribution in [2.75, 3.05) is 5.32 Å². The Morgan fingerprint density at radius 3 is 2.67 bits per heavy atom. The second-order valence-electron chi connectivity index (χ2n) is 5.63. The van der Waals surface area contributed by atoms with Gasteiger partial charge in [-0.05, 0) is 29.0 Å². The quantitative estimate of drug-likeness (QED) is 0.378. The Labute approximate surface area is 158 Å². The molecule has 0 radical (unpaired) electrons. The van der Waals surface area contributed by atoms with Crippen LogP contribution in [0.1, 0.15) is 12.5 Å². The highest BCUT2D eigenvalue weighted by atomic mass is 32.2. The molecule has 9 nitrogen and oxygen atoms in total. The molecule has 1 unspecified atom stereocenters. The average Bonchev–Trinajstić information content (AvgIpc) is 3.09. The van der Waals surface area contributed by atoms with Crippen LogP contribution in [0.3, 0.4) is 0 Å². The number of nitrogens with one attached hydrogen (secondary N) is 1. The highest BCUT2D eigenvalue weighted by Gasteiger charge is 2.21. The van der Waals surface area contributed by atoms with Gasteiger partial charge in [-0.1, -0.05) is 54.2 Å². The van der Waals surface area contributed by atoms with Gasteiger partial charge in [0.2, 0.25) is 11.1 Å². The Morgan fingerprint density at radius 1 is 1.22 bits per heavy atom. The largest absolute Gasteiger partial charge is 0.319 e. The lowest BCUT2D eigenvalue weighted by Gasteiger charge is -2.12. The molecular weight excluding hydrogens is 368 g/mol. The van der Waals surface area contributed by atoms with Gasteiger partial charge in [0.1, 0.15) is 5.69 Å². The monoisotopic (exact) mass is 384 g/mol. The number of hydrogen-bond donors (Lipinski definition) is 1. The van der Waals surface area contributed by atoms with Gasteiger partial charge in [0.25, 0.3) is 5.69 Å². The maximum absolute atomic E-state index is 12.5. The summed E-state index contributed by atoms with van der Waals surface area (Å²) in [4.78, 5) is 23.0. The van der Waals surface area contributed by atoms with Crippen LogP contribution in [-0.4, -0.2) is 36.3 Å². The number of thioether (sulfide) groups is 1. The second kappa shape index (κ2) is 8.41. The highest BCUT2D eigenvalue weighted by molar-refractivity contribution is 8.00. The van der Waals surface area contributed by atoms with Crippen molar-refractivity contribution in [2.24, 2.45) is 0 Å². The summed E-state index contributed by atoms with van der Waals surface area (Å²) in [6, 6.07) is 15.7. The number of anilines is 1. The number of carbonyl (C=O) groups is 1. The van der Waals surface area contributed by atoms with Gasteiger partial charge >= 0.3 is 0 Å². The second-order valence-corrected chi connectivity index (χ2v) is 6.94. The highest BCUT2D eigenvalue weighted by Crippen LogP contribution is 2.26. The van der Waals surface area contributed by atoms with E-state index in [0.29, 0.717) is 11.7 Å². The first kappa shape index (κ1) is 18.5. The fourth-order valence-corrected chi connectivity index (χ4v) is 3.11. The first-order valence-electron chi connectivity index (χ1n) is 8.05. The van der Waals surface area contributed by atoms with Crippen molar-refractivity contribution in [2.45, 2.75) is 23.9 Å². The van der Waals surface area contributed by atoms with Crippen LogP contribution in [0.4, 0.5) is 11.4 Å². The number of para-hydroxylation sites is 2. The van der Waals surface area contributed by atoms with Crippen LogP contribution in [-0.2, 0) is 11.3 Å². The number of nitrogens with zero attached hydrogens (tertiary/aromatic N) is 5. The minimum absolute atomic E-state index is 0.156. The molecule has 1 atom stereocenters. The molecular formula is C17H16N6O3S. The fraction of sp³-hybridized carbons (Fsp3) is 0.176. The maximum Gasteiger partial charge on any atom is 0.292 e. The van der Waals surface area contributed by atoms with Crippen molar-refractivity contribution in [3.63, 3.8) is 0 Å². The Kier molecular flexibility index (Phi) is 5.77. The van der Waals surface area contributed by atoms with Crippen LogP contribution in [0, 0.1) is 10.1 Å². The van der Waals surface area contributed by atoms with E-state index in [4.69, 9.17) is 0 Å². The van der Waals surface area contributed by atoms with Gasteiger partial charge in [0, 0.05) is 6.07 Å². The van der Waals surface area contributed by atoms with Gasteiger partial charge in [0.15, 0.2) is 0 Å². The smallest absolute Gasteiger partial charge is 0.292 e. The molecule has 0 bridgehead atoms. The minimum Gasteiger partial charge on any atom is -0.319 e. The van der Waals surface area contributed by atoms with Crippen LogP contribution in [0.5, 0.6) is 0 Å². The number of carbonyl (C=O) groups excluding carboxylic acids is 1. The maximum atomic E-state index is 12.5. The molecule has 0 spiro atoms. The Hall–Kier alpha value is -3.27. The third-order valence-corrected chi connectivity index (χ3v) is 4.76. The van der Waals surface area contributed by atoms with Crippen LogP contribution in [0.25, 0.3) is 0 Å². The number of nitro benzene ring substituents is 1. The molecule has 1 amide bonds. The summed E-state index contributed by atoms with van der Waals surface area (Å²) in [5.41, 5.74) is 1.03. The molecule has 0 aliphatic heterocycles. The van der Waals surface area contributed by atoms with Gasteiger partial charge in [-0.3, -0.25) is 14.9 Å². The normalized spacial score (nSPS) is 11.7. The van der Waals surface area contributed by atoms with Crippen molar-refractivity contribution < 1.29 is 9.72 Å². The Morgan fingerprint density at radius 2 is 1.93 bits per heavy atom. The van der Waals surface area contributed by atoms with E-state index < -0.39 is 10.2 Å². The molecule has 0 saturated carbocycles. The molecule has 0 saturated heterocycles. The Bertz CT molecular complexity index is 947. The van der Waals surface area contributed by atoms with Crippen LogP contribution < -0.4 is 5.32 Å². The van der Waals surface area contributed by atoms with Crippen molar-refractivity contribution in [1.82, 2.24) is 20.2 Å². The molecule has 1 aromatic heterocycles. The van der Waals surface area contributed by atoms with Gasteiger partial charge in [-0.2, -0.15) is 0 Å². The number of rotatable bonds is 7. The van der Waals surface area contributed by atoms with Gasteiger partial charge < -0.3 is 5.32 Å². The summed E-state index contributed by atoms with van der Waals surface area (Å²) in [5.74, 6) is -0.372. The summed E-state index contributed by atoms with van der Waals surface area (Å²) >= 11 is 1.18. The van der Waals surface area contributed by atoms with E-state index in [1.165, 1.54) is 23.9 Å². The molecule has 0 fully saturated rings. The van der Waals surface area contributed by atoms with E-state index in [-0.39, 0.29) is 17.3 Å². The van der Waals surface area contributed by atoms with Crippen LogP contribution >= 0.6 is 11.8 Å². The number of tetrazole rings is 1. The summed E-state index contributed by atoms with van der Waals surface area (Å²) < 4.78 is 1.61. The Balaban J connectivity index is 1.68. The number of amides is 1. The van der Waals surface area contributed by atoms with Crippen molar-refractivity contribution in [1.29, 1.82) is 0 Å². The minimum atomic E-state index is -0.551. The molecule has 2 aromatic carbocycles. The van der Waals surface area contributed by atoms with E-state index >= 15 is 0 Å². The molecule has 1 heterocycles. The summed E-state index contributed by atoms with van der Waals surface area (Å²) in [6.07, 6.45) is 0. The third kappa shape index (κ3) is 4.67. The lowest BCUT2D eigenvalue weighted by Crippen LogP contribution is -2.23. The molecule has 138 valence electrons. The molecule has 0 aliphatic carbocycles. The number of nitro groups is 1. The summed E-state index contributed by atoms with van der Waals surface area (Å²) in [5, 5.41) is 25.2. The lowest BCUT2D eigenvalue weighted by atomic mass is 10.2. The fourth-order valence-electron chi connectivity index (χ4n) is 2.32. The van der Waals surface area contributed by atoms with E-state index in [2.05, 4.69) is 20.8 Å². The molecule has 3 aromatic rings. The zero-order chi connectivity index (χ0) is 19.2. The zero-order valence-electron chi connectivity index (χ0n) is 14.3. The molecule has 1 N–H and O–H groups in total. The zero-order valence-corrected chi connectivity index (χ0v) is 15.2. The van der Waals surface area contributed by atoms with Crippen molar-refractivity contribution in [3.05, 3.63) is 70.3 Å². The standard InChI is InChI=1S/C17H16N6O3S/c1-12(16(24)18-14-9-5-6-10-15(14)23(25)26)27-17-19-20-21-22(17)11-13-7-3-2-4-8-13/h2-10,12H,11H2,1H3,(H,18,24). The summed E-state index contributed by atoms with van der Waals surface area (Å²) in [7, 11) is 0. The lowest BCUT2D eigenvalue weighted by molar-refractivity contribution is -0.383. The molecule has 10 heteroatoms. The van der Waals surface area contributed by atoms with E-state index in [0.717, 1.165) is 5.56 Å². The van der Waals surface area contributed by atoms with Crippen LogP contribution in [0.2, 0.25) is 0 Å². The first-order valence-corrected chi connectivity index (χ1v) is 8.93. The topological polar surface area (TPSA) is 116 Å². The number of aromatic nitrogens is 4. The van der Waals surface area contributed by atoms with Crippen molar-refractivity contribution >= 4 is 29.0 Å². The SMILES string of the molecule is CC(Sc1nnnn1Cc1ccccc1)C(=O)Nc1ccccc1[N+](=O)[O-]. The van der Waals surface area contributed by atoms with Crippen molar-refractivity contribution in [3.8, 4) is 0 Å². The molecule has 0 aliphatic rings. The van der Waals surface area contributed by atoms with E-state index in [1.54, 1.807) is 23.7 Å². The third-order valence-electron chi connectivity index (χ3n) is 3.68.